The lowest BCUT2D eigenvalue weighted by Gasteiger charge is -2.30. The highest BCUT2D eigenvalue weighted by molar-refractivity contribution is 7.80. The topological polar surface area (TPSA) is 86.0 Å². The minimum Gasteiger partial charge on any atom is -0.331 e. The van der Waals surface area contributed by atoms with Crippen molar-refractivity contribution in [3.8, 4) is 6.07 Å². The Hall–Kier alpha value is -3.74. The number of hydrazine groups is 1. The quantitative estimate of drug-likeness (QED) is 0.120. The maximum atomic E-state index is 14.7. The summed E-state index contributed by atoms with van der Waals surface area (Å²) in [4.78, 5) is 19.1. The zero-order valence-electron chi connectivity index (χ0n) is 25.1. The van der Waals surface area contributed by atoms with E-state index in [-0.39, 0.29) is 17.4 Å². The van der Waals surface area contributed by atoms with Gasteiger partial charge in [-0.2, -0.15) is 5.26 Å². The molecule has 0 aliphatic heterocycles. The monoisotopic (exact) mass is 646 g/mol. The second-order valence-corrected chi connectivity index (χ2v) is 12.1. The summed E-state index contributed by atoms with van der Waals surface area (Å²) < 4.78 is 1.94. The van der Waals surface area contributed by atoms with Crippen LogP contribution in [0.3, 0.4) is 0 Å². The van der Waals surface area contributed by atoms with Crippen molar-refractivity contribution in [3.05, 3.63) is 117 Å². The van der Waals surface area contributed by atoms with Gasteiger partial charge in [-0.15, -0.1) is 0 Å². The molecule has 0 bridgehead atoms. The number of thiocarbonyl (C=S) groups is 1. The van der Waals surface area contributed by atoms with Gasteiger partial charge in [-0.3, -0.25) is 4.79 Å². The predicted molar refractivity (Wildman–Crippen MR) is 182 cm³/mol. The van der Waals surface area contributed by atoms with Crippen molar-refractivity contribution in [1.29, 1.82) is 5.26 Å². The summed E-state index contributed by atoms with van der Waals surface area (Å²) in [6, 6.07) is 22.8. The lowest BCUT2D eigenvalue weighted by molar-refractivity contribution is -0.131. The van der Waals surface area contributed by atoms with Gasteiger partial charge in [0, 0.05) is 25.0 Å². The number of benzene rings is 3. The molecule has 1 amide bonds. The first kappa shape index (κ1) is 33.2. The molecule has 4 aromatic rings. The van der Waals surface area contributed by atoms with Gasteiger partial charge in [0.1, 0.15) is 0 Å². The molecule has 0 aliphatic rings. The van der Waals surface area contributed by atoms with Crippen molar-refractivity contribution < 1.29 is 4.79 Å². The smallest absolute Gasteiger partial charge is 0.252 e. The molecule has 3 aromatic carbocycles. The van der Waals surface area contributed by atoms with Crippen LogP contribution < -0.4 is 10.7 Å². The van der Waals surface area contributed by atoms with Gasteiger partial charge in [-0.25, -0.2) is 15.4 Å². The molecule has 7 nitrogen and oxygen atoms in total. The molecule has 44 heavy (non-hydrogen) atoms. The number of amides is 1. The summed E-state index contributed by atoms with van der Waals surface area (Å²) in [6.07, 6.45) is 5.59. The van der Waals surface area contributed by atoms with Crippen LogP contribution in [0.2, 0.25) is 10.0 Å². The number of nitrogens with one attached hydrogen (secondary N) is 2. The number of aromatic nitrogens is 2. The molecule has 0 radical (unpaired) electrons. The Labute approximate surface area is 274 Å². The standard InChI is InChI=1S/C34H36Cl2N6OS/c1-4-23(2)15-16-39-42(34(44)40-28-9-5-7-24(3)17-28)33(43)29(18-27-8-6-10-30(35)32(27)36)31-20-38-22-41(31)21-26-13-11-25(19-37)12-14-26/h5-14,17,20,22-23,29,39H,4,15-16,18,21H2,1-3H3,(H,40,44)/t23-,29?/m0/s1. The van der Waals surface area contributed by atoms with Gasteiger partial charge in [0.15, 0.2) is 5.11 Å². The Bertz CT molecular complexity index is 1630. The van der Waals surface area contributed by atoms with Gasteiger partial charge < -0.3 is 9.88 Å². The number of nitriles is 1. The number of anilines is 1. The van der Waals surface area contributed by atoms with Crippen molar-refractivity contribution >= 4 is 52.1 Å². The zero-order chi connectivity index (χ0) is 31.6. The molecule has 1 unspecified atom stereocenters. The third-order valence-corrected chi connectivity index (χ3v) is 8.73. The Balaban J connectivity index is 1.72. The summed E-state index contributed by atoms with van der Waals surface area (Å²) in [5, 5.41) is 15.0. The van der Waals surface area contributed by atoms with E-state index in [2.05, 4.69) is 35.6 Å². The van der Waals surface area contributed by atoms with E-state index in [1.54, 1.807) is 30.7 Å². The summed E-state index contributed by atoms with van der Waals surface area (Å²) >= 11 is 18.9. The molecular formula is C34H36Cl2N6OS. The van der Waals surface area contributed by atoms with E-state index in [1.807, 2.05) is 60.0 Å². The fraction of sp³-hybridized carbons (Fsp3) is 0.294. The average Bonchev–Trinajstić information content (AvgIpc) is 3.47. The third-order valence-electron chi connectivity index (χ3n) is 7.59. The van der Waals surface area contributed by atoms with Crippen molar-refractivity contribution in [2.75, 3.05) is 11.9 Å². The molecule has 0 spiro atoms. The van der Waals surface area contributed by atoms with Crippen LogP contribution in [0.15, 0.2) is 79.3 Å². The van der Waals surface area contributed by atoms with E-state index >= 15 is 0 Å². The minimum absolute atomic E-state index is 0.241. The van der Waals surface area contributed by atoms with E-state index in [9.17, 15) is 10.1 Å². The van der Waals surface area contributed by atoms with Gasteiger partial charge in [0.05, 0.1) is 39.6 Å². The second kappa shape index (κ2) is 15.8. The molecule has 228 valence electrons. The van der Waals surface area contributed by atoms with Gasteiger partial charge >= 0.3 is 0 Å². The number of rotatable bonds is 12. The predicted octanol–water partition coefficient (Wildman–Crippen LogP) is 7.91. The van der Waals surface area contributed by atoms with Crippen LogP contribution in [0.25, 0.3) is 0 Å². The Morgan fingerprint density at radius 3 is 2.59 bits per heavy atom. The number of carbonyl (C=O) groups is 1. The van der Waals surface area contributed by atoms with Gasteiger partial charge in [-0.05, 0) is 84.9 Å². The number of nitrogens with zero attached hydrogens (tertiary/aromatic N) is 4. The highest BCUT2D eigenvalue weighted by Crippen LogP contribution is 2.31. The van der Waals surface area contributed by atoms with Crippen molar-refractivity contribution in [1.82, 2.24) is 20.0 Å². The summed E-state index contributed by atoms with van der Waals surface area (Å²) in [5.74, 6) is -0.482. The van der Waals surface area contributed by atoms with Crippen LogP contribution in [0.4, 0.5) is 5.69 Å². The lowest BCUT2D eigenvalue weighted by atomic mass is 9.94. The van der Waals surface area contributed by atoms with Crippen LogP contribution in [-0.2, 0) is 17.8 Å². The van der Waals surface area contributed by atoms with E-state index < -0.39 is 5.92 Å². The van der Waals surface area contributed by atoms with Crippen LogP contribution in [-0.4, -0.2) is 32.1 Å². The maximum Gasteiger partial charge on any atom is 0.252 e. The fourth-order valence-electron chi connectivity index (χ4n) is 4.81. The lowest BCUT2D eigenvalue weighted by Crippen LogP contribution is -2.51. The van der Waals surface area contributed by atoms with Crippen LogP contribution in [0.5, 0.6) is 0 Å². The Morgan fingerprint density at radius 2 is 1.89 bits per heavy atom. The number of aryl methyl sites for hydroxylation is 1. The summed E-state index contributed by atoms with van der Waals surface area (Å²) in [6.45, 7) is 7.36. The molecule has 0 saturated carbocycles. The van der Waals surface area contributed by atoms with Crippen molar-refractivity contribution in [2.24, 2.45) is 5.92 Å². The number of hydrogen-bond acceptors (Lipinski definition) is 5. The zero-order valence-corrected chi connectivity index (χ0v) is 27.4. The molecule has 0 saturated heterocycles. The second-order valence-electron chi connectivity index (χ2n) is 10.9. The SMILES string of the molecule is CC[C@H](C)CCNN(C(=O)C(Cc1cccc(Cl)c1Cl)c1cncn1Cc1ccc(C#N)cc1)C(=S)Nc1cccc(C)c1. The van der Waals surface area contributed by atoms with Crippen molar-refractivity contribution in [2.45, 2.75) is 52.5 Å². The number of halogens is 2. The van der Waals surface area contributed by atoms with Crippen molar-refractivity contribution in [3.63, 3.8) is 0 Å². The number of hydrogen-bond donors (Lipinski definition) is 2. The molecule has 1 aromatic heterocycles. The molecule has 1 heterocycles. The normalized spacial score (nSPS) is 12.3. The van der Waals surface area contributed by atoms with E-state index in [4.69, 9.17) is 35.4 Å². The molecule has 10 heteroatoms. The molecule has 2 N–H and O–H groups in total. The fourth-order valence-corrected chi connectivity index (χ4v) is 5.48. The van der Waals surface area contributed by atoms with E-state index in [1.165, 1.54) is 5.01 Å². The number of imidazole rings is 1. The van der Waals surface area contributed by atoms with E-state index in [0.29, 0.717) is 40.3 Å². The first-order chi connectivity index (χ1) is 21.2. The van der Waals surface area contributed by atoms with Gasteiger partial charge in [0.25, 0.3) is 5.91 Å². The molecule has 4 rings (SSSR count). The summed E-state index contributed by atoms with van der Waals surface area (Å²) in [7, 11) is 0. The van der Waals surface area contributed by atoms with Gasteiger partial charge in [0.2, 0.25) is 0 Å². The number of carbonyl (C=O) groups excluding carboxylic acids is 1. The highest BCUT2D eigenvalue weighted by Gasteiger charge is 2.32. The Kier molecular flexibility index (Phi) is 11.9. The van der Waals surface area contributed by atoms with E-state index in [0.717, 1.165) is 35.2 Å². The maximum absolute atomic E-state index is 14.7. The van der Waals surface area contributed by atoms with Crippen LogP contribution >= 0.6 is 35.4 Å². The molecule has 2 atom stereocenters. The first-order valence-electron chi connectivity index (χ1n) is 14.6. The first-order valence-corrected chi connectivity index (χ1v) is 15.7. The summed E-state index contributed by atoms with van der Waals surface area (Å²) in [5.41, 5.74) is 8.16. The van der Waals surface area contributed by atoms with Gasteiger partial charge in [-0.1, -0.05) is 79.9 Å². The van der Waals surface area contributed by atoms with Crippen LogP contribution in [0, 0.1) is 24.2 Å². The third kappa shape index (κ3) is 8.67. The minimum atomic E-state index is -0.708. The molecule has 0 fully saturated rings. The average molecular weight is 648 g/mol. The van der Waals surface area contributed by atoms with Crippen LogP contribution in [0.1, 0.15) is 60.6 Å². The Morgan fingerprint density at radius 1 is 1.14 bits per heavy atom. The highest BCUT2D eigenvalue weighted by atomic mass is 35.5. The largest absolute Gasteiger partial charge is 0.331 e. The molecular weight excluding hydrogens is 611 g/mol. The molecule has 0 aliphatic carbocycles.